The standard InChI is InChI=1S/C24H22ClN3O2/c25-18-9-10-22-21(15-18)28(16-17-5-2-1-3-6-17)24(29)19-7-4-8-20(23(19)30-22)27-13-11-26-12-14-27/h1-10,15,26H,11-14,16H2. The van der Waals surface area contributed by atoms with Gasteiger partial charge in [0.15, 0.2) is 11.5 Å². The minimum absolute atomic E-state index is 0.0909. The van der Waals surface area contributed by atoms with Gasteiger partial charge in [-0.25, -0.2) is 0 Å². The number of ether oxygens (including phenoxy) is 1. The lowest BCUT2D eigenvalue weighted by molar-refractivity contribution is 0.0985. The molecule has 0 bridgehead atoms. The zero-order valence-corrected chi connectivity index (χ0v) is 17.2. The van der Waals surface area contributed by atoms with Gasteiger partial charge < -0.3 is 19.9 Å². The molecule has 2 aliphatic rings. The molecule has 0 aromatic heterocycles. The maximum Gasteiger partial charge on any atom is 0.262 e. The van der Waals surface area contributed by atoms with Gasteiger partial charge in [-0.1, -0.05) is 48.0 Å². The second kappa shape index (κ2) is 8.01. The van der Waals surface area contributed by atoms with Crippen molar-refractivity contribution >= 4 is 28.9 Å². The summed E-state index contributed by atoms with van der Waals surface area (Å²) < 4.78 is 6.40. The Balaban J connectivity index is 1.63. The number of para-hydroxylation sites is 1. The molecule has 3 aromatic rings. The monoisotopic (exact) mass is 419 g/mol. The van der Waals surface area contributed by atoms with Crippen LogP contribution < -0.4 is 19.9 Å². The number of halogens is 1. The van der Waals surface area contributed by atoms with Crippen molar-refractivity contribution in [3.05, 3.63) is 82.9 Å². The van der Waals surface area contributed by atoms with Crippen LogP contribution in [-0.4, -0.2) is 32.1 Å². The number of anilines is 2. The van der Waals surface area contributed by atoms with E-state index in [9.17, 15) is 4.79 Å². The summed E-state index contributed by atoms with van der Waals surface area (Å²) in [4.78, 5) is 17.7. The van der Waals surface area contributed by atoms with Crippen molar-refractivity contribution in [1.82, 2.24) is 5.32 Å². The van der Waals surface area contributed by atoms with Crippen molar-refractivity contribution in [3.63, 3.8) is 0 Å². The summed E-state index contributed by atoms with van der Waals surface area (Å²) in [5.74, 6) is 1.15. The zero-order valence-electron chi connectivity index (χ0n) is 16.5. The van der Waals surface area contributed by atoms with Crippen molar-refractivity contribution in [2.75, 3.05) is 36.0 Å². The number of hydrogen-bond acceptors (Lipinski definition) is 4. The molecule has 2 aliphatic heterocycles. The molecule has 0 radical (unpaired) electrons. The van der Waals surface area contributed by atoms with Crippen LogP contribution in [0.3, 0.4) is 0 Å². The van der Waals surface area contributed by atoms with Crippen molar-refractivity contribution in [2.24, 2.45) is 0 Å². The second-order valence-corrected chi connectivity index (χ2v) is 7.92. The van der Waals surface area contributed by atoms with Crippen LogP contribution in [0.25, 0.3) is 0 Å². The molecule has 6 heteroatoms. The Labute approximate surface area is 180 Å². The highest BCUT2D eigenvalue weighted by molar-refractivity contribution is 6.31. The van der Waals surface area contributed by atoms with Crippen LogP contribution in [-0.2, 0) is 6.54 Å². The number of piperazine rings is 1. The van der Waals surface area contributed by atoms with E-state index in [1.165, 1.54) is 0 Å². The quantitative estimate of drug-likeness (QED) is 0.668. The van der Waals surface area contributed by atoms with Crippen molar-refractivity contribution in [1.29, 1.82) is 0 Å². The van der Waals surface area contributed by atoms with Crippen LogP contribution >= 0.6 is 11.6 Å². The van der Waals surface area contributed by atoms with E-state index >= 15 is 0 Å². The summed E-state index contributed by atoms with van der Waals surface area (Å²) >= 11 is 6.30. The molecular formula is C24H22ClN3O2. The lowest BCUT2D eigenvalue weighted by Crippen LogP contribution is -2.43. The summed E-state index contributed by atoms with van der Waals surface area (Å²) in [6.07, 6.45) is 0. The first-order chi connectivity index (χ1) is 14.7. The van der Waals surface area contributed by atoms with Gasteiger partial charge >= 0.3 is 0 Å². The highest BCUT2D eigenvalue weighted by Gasteiger charge is 2.31. The first kappa shape index (κ1) is 19.0. The average Bonchev–Trinajstić information content (AvgIpc) is 2.90. The Bertz CT molecular complexity index is 1080. The number of hydrogen-bond donors (Lipinski definition) is 1. The normalized spacial score (nSPS) is 15.8. The molecule has 1 amide bonds. The van der Waals surface area contributed by atoms with Gasteiger partial charge in [0, 0.05) is 31.2 Å². The molecular weight excluding hydrogens is 398 g/mol. The Morgan fingerprint density at radius 1 is 0.933 bits per heavy atom. The highest BCUT2D eigenvalue weighted by Crippen LogP contribution is 2.45. The topological polar surface area (TPSA) is 44.8 Å². The van der Waals surface area contributed by atoms with Gasteiger partial charge in [-0.3, -0.25) is 4.79 Å². The van der Waals surface area contributed by atoms with E-state index in [2.05, 4.69) is 10.2 Å². The van der Waals surface area contributed by atoms with Crippen LogP contribution in [0.4, 0.5) is 11.4 Å². The van der Waals surface area contributed by atoms with E-state index in [0.717, 1.165) is 37.4 Å². The van der Waals surface area contributed by atoms with Crippen LogP contribution in [0.15, 0.2) is 66.7 Å². The number of carbonyl (C=O) groups excluding carboxylic acids is 1. The number of nitrogens with one attached hydrogen (secondary N) is 1. The lowest BCUT2D eigenvalue weighted by Gasteiger charge is -2.31. The lowest BCUT2D eigenvalue weighted by atomic mass is 10.1. The molecule has 0 atom stereocenters. The summed E-state index contributed by atoms with van der Waals surface area (Å²) in [5.41, 5.74) is 3.23. The van der Waals surface area contributed by atoms with Crippen molar-refractivity contribution in [3.8, 4) is 11.5 Å². The molecule has 1 fully saturated rings. The molecule has 2 heterocycles. The third-order valence-corrected chi connectivity index (χ3v) is 5.77. The van der Waals surface area contributed by atoms with Gasteiger partial charge in [0.1, 0.15) is 0 Å². The van der Waals surface area contributed by atoms with Crippen LogP contribution in [0.2, 0.25) is 5.02 Å². The van der Waals surface area contributed by atoms with Gasteiger partial charge in [0.2, 0.25) is 0 Å². The summed E-state index contributed by atoms with van der Waals surface area (Å²) in [6, 6.07) is 21.2. The van der Waals surface area contributed by atoms with Crippen LogP contribution in [0.1, 0.15) is 15.9 Å². The van der Waals surface area contributed by atoms with E-state index in [1.54, 1.807) is 17.0 Å². The van der Waals surface area contributed by atoms with Crippen LogP contribution in [0.5, 0.6) is 11.5 Å². The summed E-state index contributed by atoms with van der Waals surface area (Å²) in [6.45, 7) is 3.99. The van der Waals surface area contributed by atoms with Crippen LogP contribution in [0, 0.1) is 0 Å². The van der Waals surface area contributed by atoms with Gasteiger partial charge in [-0.05, 0) is 35.9 Å². The summed E-state index contributed by atoms with van der Waals surface area (Å²) in [5, 5.41) is 3.94. The molecule has 0 unspecified atom stereocenters. The molecule has 0 spiro atoms. The third-order valence-electron chi connectivity index (χ3n) is 5.53. The third kappa shape index (κ3) is 3.51. The number of rotatable bonds is 3. The first-order valence-electron chi connectivity index (χ1n) is 10.1. The smallest absolute Gasteiger partial charge is 0.262 e. The molecule has 152 valence electrons. The van der Waals surface area contributed by atoms with E-state index < -0.39 is 0 Å². The molecule has 30 heavy (non-hydrogen) atoms. The van der Waals surface area contributed by atoms with E-state index in [-0.39, 0.29) is 5.91 Å². The highest BCUT2D eigenvalue weighted by atomic mass is 35.5. The maximum absolute atomic E-state index is 13.7. The van der Waals surface area contributed by atoms with Crippen molar-refractivity contribution in [2.45, 2.75) is 6.54 Å². The Kier molecular flexibility index (Phi) is 5.07. The average molecular weight is 420 g/mol. The molecule has 3 aromatic carbocycles. The Morgan fingerprint density at radius 3 is 2.53 bits per heavy atom. The Morgan fingerprint density at radius 2 is 1.73 bits per heavy atom. The fourth-order valence-corrected chi connectivity index (χ4v) is 4.20. The number of carbonyl (C=O) groups is 1. The fourth-order valence-electron chi connectivity index (χ4n) is 4.03. The Hall–Kier alpha value is -3.02. The predicted octanol–water partition coefficient (Wildman–Crippen LogP) is 4.70. The fraction of sp³-hybridized carbons (Fsp3) is 0.208. The molecule has 5 rings (SSSR count). The van der Waals surface area contributed by atoms with Gasteiger partial charge in [-0.15, -0.1) is 0 Å². The van der Waals surface area contributed by atoms with E-state index in [0.29, 0.717) is 34.3 Å². The molecule has 0 aliphatic carbocycles. The minimum atomic E-state index is -0.0909. The number of nitrogens with zero attached hydrogens (tertiary/aromatic N) is 2. The number of fused-ring (bicyclic) bond motifs is 2. The molecule has 0 saturated carbocycles. The number of amides is 1. The van der Waals surface area contributed by atoms with E-state index in [4.69, 9.17) is 16.3 Å². The largest absolute Gasteiger partial charge is 0.452 e. The van der Waals surface area contributed by atoms with E-state index in [1.807, 2.05) is 54.6 Å². The minimum Gasteiger partial charge on any atom is -0.452 e. The van der Waals surface area contributed by atoms with Gasteiger partial charge in [0.25, 0.3) is 5.91 Å². The first-order valence-corrected chi connectivity index (χ1v) is 10.5. The summed E-state index contributed by atoms with van der Waals surface area (Å²) in [7, 11) is 0. The zero-order chi connectivity index (χ0) is 20.5. The number of benzene rings is 3. The SMILES string of the molecule is O=C1c2cccc(N3CCNCC3)c2Oc2ccc(Cl)cc2N1Cc1ccccc1. The molecule has 1 N–H and O–H groups in total. The predicted molar refractivity (Wildman–Crippen MR) is 120 cm³/mol. The molecule has 5 nitrogen and oxygen atoms in total. The molecule has 1 saturated heterocycles. The second-order valence-electron chi connectivity index (χ2n) is 7.48. The van der Waals surface area contributed by atoms with Gasteiger partial charge in [-0.2, -0.15) is 0 Å². The van der Waals surface area contributed by atoms with Crippen molar-refractivity contribution < 1.29 is 9.53 Å². The maximum atomic E-state index is 13.7. The van der Waals surface area contributed by atoms with Gasteiger partial charge in [0.05, 0.1) is 23.5 Å².